The first-order valence-electron chi connectivity index (χ1n) is 5.43. The quantitative estimate of drug-likeness (QED) is 0.730. The molecule has 6 heteroatoms. The summed E-state index contributed by atoms with van der Waals surface area (Å²) in [6, 6.07) is 2.64. The summed E-state index contributed by atoms with van der Waals surface area (Å²) in [5, 5.41) is -0.189. The van der Waals surface area contributed by atoms with Gasteiger partial charge in [-0.1, -0.05) is 20.3 Å². The fourth-order valence-electron chi connectivity index (χ4n) is 1.36. The number of nitrogens with zero attached hydrogens (tertiary/aromatic N) is 1. The fraction of sp³-hybridized carbons (Fsp3) is 0.545. The molecule has 0 fully saturated rings. The van der Waals surface area contributed by atoms with Crippen LogP contribution in [0.3, 0.4) is 0 Å². The number of rotatable bonds is 6. The molecular formula is C11H17NO4S. The van der Waals surface area contributed by atoms with E-state index in [4.69, 9.17) is 4.42 Å². The molecule has 5 nitrogen and oxygen atoms in total. The fourth-order valence-corrected chi connectivity index (χ4v) is 2.56. The van der Waals surface area contributed by atoms with Gasteiger partial charge in [-0.3, -0.25) is 4.79 Å². The highest BCUT2D eigenvalue weighted by Crippen LogP contribution is 2.18. The van der Waals surface area contributed by atoms with Gasteiger partial charge in [0.2, 0.25) is 5.09 Å². The summed E-state index contributed by atoms with van der Waals surface area (Å²) in [5.41, 5.74) is 0. The maximum atomic E-state index is 12.0. The zero-order chi connectivity index (χ0) is 13.1. The molecule has 0 bridgehead atoms. The van der Waals surface area contributed by atoms with E-state index < -0.39 is 10.0 Å². The third-order valence-electron chi connectivity index (χ3n) is 2.65. The molecule has 1 atom stereocenters. The maximum absolute atomic E-state index is 12.0. The first-order chi connectivity index (χ1) is 7.91. The molecule has 0 aliphatic rings. The Bertz CT molecular complexity index is 477. The number of carbonyl (C=O) groups excluding carboxylic acids is 1. The molecule has 0 aromatic carbocycles. The molecule has 0 radical (unpaired) electrons. The van der Waals surface area contributed by atoms with Crippen LogP contribution in [0.1, 0.15) is 30.8 Å². The highest BCUT2D eigenvalue weighted by molar-refractivity contribution is 7.89. The van der Waals surface area contributed by atoms with Crippen molar-refractivity contribution >= 4 is 16.3 Å². The predicted octanol–water partition coefficient (Wildman–Crippen LogP) is 1.76. The summed E-state index contributed by atoms with van der Waals surface area (Å²) in [7, 11) is -2.12. The van der Waals surface area contributed by atoms with Gasteiger partial charge in [0.25, 0.3) is 10.0 Å². The van der Waals surface area contributed by atoms with Crippen LogP contribution in [0.4, 0.5) is 0 Å². The Labute approximate surface area is 101 Å². The van der Waals surface area contributed by atoms with Gasteiger partial charge in [-0.15, -0.1) is 0 Å². The second kappa shape index (κ2) is 5.46. The molecule has 0 spiro atoms. The Morgan fingerprint density at radius 1 is 1.47 bits per heavy atom. The lowest BCUT2D eigenvalue weighted by Crippen LogP contribution is -2.30. The third kappa shape index (κ3) is 3.17. The van der Waals surface area contributed by atoms with Crippen LogP contribution in [0.25, 0.3) is 0 Å². The van der Waals surface area contributed by atoms with Crippen LogP contribution in [-0.2, 0) is 10.0 Å². The molecule has 0 saturated heterocycles. The number of hydrogen-bond donors (Lipinski definition) is 0. The Hall–Kier alpha value is -1.14. The molecular weight excluding hydrogens is 242 g/mol. The van der Waals surface area contributed by atoms with Crippen LogP contribution < -0.4 is 0 Å². The molecule has 1 rings (SSSR count). The van der Waals surface area contributed by atoms with Gasteiger partial charge in [0.1, 0.15) is 0 Å². The van der Waals surface area contributed by atoms with Gasteiger partial charge in [-0.05, 0) is 18.1 Å². The van der Waals surface area contributed by atoms with Crippen molar-refractivity contribution in [3.05, 3.63) is 17.9 Å². The highest BCUT2D eigenvalue weighted by Gasteiger charge is 2.25. The Morgan fingerprint density at radius 2 is 2.12 bits per heavy atom. The minimum absolute atomic E-state index is 0.0144. The van der Waals surface area contributed by atoms with Crippen LogP contribution in [0.15, 0.2) is 21.6 Å². The second-order valence-electron chi connectivity index (χ2n) is 4.07. The van der Waals surface area contributed by atoms with Crippen LogP contribution in [0.5, 0.6) is 0 Å². The van der Waals surface area contributed by atoms with Crippen molar-refractivity contribution in [1.29, 1.82) is 0 Å². The molecule has 0 saturated carbocycles. The van der Waals surface area contributed by atoms with Crippen molar-refractivity contribution in [2.24, 2.45) is 5.92 Å². The maximum Gasteiger partial charge on any atom is 0.276 e. The van der Waals surface area contributed by atoms with Crippen LogP contribution in [0, 0.1) is 5.92 Å². The zero-order valence-electron chi connectivity index (χ0n) is 10.2. The van der Waals surface area contributed by atoms with Gasteiger partial charge < -0.3 is 4.42 Å². The Morgan fingerprint density at radius 3 is 2.59 bits per heavy atom. The van der Waals surface area contributed by atoms with Crippen LogP contribution >= 0.6 is 0 Å². The van der Waals surface area contributed by atoms with E-state index in [-0.39, 0.29) is 16.8 Å². The summed E-state index contributed by atoms with van der Waals surface area (Å²) in [4.78, 5) is 10.4. The number of furan rings is 1. The van der Waals surface area contributed by atoms with E-state index >= 15 is 0 Å². The Kier molecular flexibility index (Phi) is 4.47. The summed E-state index contributed by atoms with van der Waals surface area (Å²) in [6.07, 6.45) is 1.38. The van der Waals surface area contributed by atoms with E-state index in [9.17, 15) is 13.2 Å². The predicted molar refractivity (Wildman–Crippen MR) is 63.4 cm³/mol. The number of aldehydes is 1. The lowest BCUT2D eigenvalue weighted by molar-refractivity contribution is 0.109. The normalized spacial score (nSPS) is 13.9. The average Bonchev–Trinajstić information content (AvgIpc) is 2.77. The molecule has 0 aliphatic heterocycles. The van der Waals surface area contributed by atoms with E-state index in [0.29, 0.717) is 12.8 Å². The molecule has 1 aromatic rings. The second-order valence-corrected chi connectivity index (χ2v) is 6.05. The van der Waals surface area contributed by atoms with Gasteiger partial charge in [0.15, 0.2) is 12.0 Å². The SMILES string of the molecule is CCC(C)CN(C)S(=O)(=O)c1ccc(C=O)o1. The Balaban J connectivity index is 2.90. The number of hydrogen-bond acceptors (Lipinski definition) is 4. The van der Waals surface area contributed by atoms with Crippen LogP contribution in [-0.4, -0.2) is 32.6 Å². The lowest BCUT2D eigenvalue weighted by Gasteiger charge is -2.18. The lowest BCUT2D eigenvalue weighted by atomic mass is 10.1. The summed E-state index contributed by atoms with van der Waals surface area (Å²) >= 11 is 0. The molecule has 0 aliphatic carbocycles. The molecule has 1 aromatic heterocycles. The largest absolute Gasteiger partial charge is 0.440 e. The van der Waals surface area contributed by atoms with Gasteiger partial charge in [0.05, 0.1) is 0 Å². The van der Waals surface area contributed by atoms with E-state index in [1.165, 1.54) is 23.5 Å². The molecule has 1 heterocycles. The minimum Gasteiger partial charge on any atom is -0.440 e. The standard InChI is InChI=1S/C11H17NO4S/c1-4-9(2)7-12(3)17(14,15)11-6-5-10(8-13)16-11/h5-6,8-9H,4,7H2,1-3H3. The first-order valence-corrected chi connectivity index (χ1v) is 6.87. The number of sulfonamides is 1. The molecule has 0 N–H and O–H groups in total. The average molecular weight is 259 g/mol. The minimum atomic E-state index is -3.63. The third-order valence-corrected chi connectivity index (χ3v) is 4.35. The van der Waals surface area contributed by atoms with Gasteiger partial charge in [-0.2, -0.15) is 4.31 Å². The smallest absolute Gasteiger partial charge is 0.276 e. The van der Waals surface area contributed by atoms with Crippen LogP contribution in [0.2, 0.25) is 0 Å². The van der Waals surface area contributed by atoms with Gasteiger partial charge in [-0.25, -0.2) is 8.42 Å². The molecule has 1 unspecified atom stereocenters. The molecule has 96 valence electrons. The van der Waals surface area contributed by atoms with Crippen molar-refractivity contribution in [1.82, 2.24) is 4.31 Å². The van der Waals surface area contributed by atoms with Crippen molar-refractivity contribution in [3.63, 3.8) is 0 Å². The summed E-state index contributed by atoms with van der Waals surface area (Å²) in [5.74, 6) is 0.288. The zero-order valence-corrected chi connectivity index (χ0v) is 11.0. The van der Waals surface area contributed by atoms with E-state index in [1.807, 2.05) is 13.8 Å². The van der Waals surface area contributed by atoms with Crippen molar-refractivity contribution in [2.45, 2.75) is 25.4 Å². The van der Waals surface area contributed by atoms with Gasteiger partial charge in [0, 0.05) is 13.6 Å². The summed E-state index contributed by atoms with van der Waals surface area (Å²) < 4.78 is 30.2. The van der Waals surface area contributed by atoms with Crippen molar-refractivity contribution < 1.29 is 17.6 Å². The monoisotopic (exact) mass is 259 g/mol. The molecule has 17 heavy (non-hydrogen) atoms. The summed E-state index contributed by atoms with van der Waals surface area (Å²) in [6.45, 7) is 4.41. The van der Waals surface area contributed by atoms with Crippen molar-refractivity contribution in [3.8, 4) is 0 Å². The van der Waals surface area contributed by atoms with E-state index in [0.717, 1.165) is 6.42 Å². The molecule has 0 amide bonds. The van der Waals surface area contributed by atoms with Gasteiger partial charge >= 0.3 is 0 Å². The van der Waals surface area contributed by atoms with E-state index in [2.05, 4.69) is 0 Å². The first kappa shape index (κ1) is 13.9. The number of carbonyl (C=O) groups is 1. The van der Waals surface area contributed by atoms with Crippen molar-refractivity contribution in [2.75, 3.05) is 13.6 Å². The highest BCUT2D eigenvalue weighted by atomic mass is 32.2. The van der Waals surface area contributed by atoms with E-state index in [1.54, 1.807) is 0 Å². The topological polar surface area (TPSA) is 67.6 Å².